The van der Waals surface area contributed by atoms with Gasteiger partial charge in [-0.25, -0.2) is 9.78 Å². The third-order valence-corrected chi connectivity index (χ3v) is 12.5. The van der Waals surface area contributed by atoms with E-state index in [2.05, 4.69) is 32.9 Å². The first-order valence-electron chi connectivity index (χ1n) is 14.7. The number of carbonyl (C=O) groups is 1. The maximum atomic E-state index is 13.0. The average Bonchev–Trinajstić information content (AvgIpc) is 3.49. The summed E-state index contributed by atoms with van der Waals surface area (Å²) in [7, 11) is -3.84. The predicted molar refractivity (Wildman–Crippen MR) is 149 cm³/mol. The number of rotatable bonds is 5. The van der Waals surface area contributed by atoms with Gasteiger partial charge in [-0.15, -0.1) is 0 Å². The number of allylic oxidation sites excluding steroid dienone is 2. The van der Waals surface area contributed by atoms with Gasteiger partial charge in [-0.2, -0.15) is 8.42 Å². The first kappa shape index (κ1) is 28.1. The van der Waals surface area contributed by atoms with Crippen LogP contribution in [0.1, 0.15) is 78.2 Å². The largest absolute Gasteiger partial charge is 0.462 e. The highest BCUT2D eigenvalue weighted by atomic mass is 32.2. The van der Waals surface area contributed by atoms with Gasteiger partial charge in [-0.3, -0.25) is 8.98 Å². The number of aryl methyl sites for hydroxylation is 1. The molecule has 6 rings (SSSR count). The first-order chi connectivity index (χ1) is 18.9. The molecule has 1 aromatic rings. The molecule has 1 heterocycles. The van der Waals surface area contributed by atoms with E-state index in [4.69, 9.17) is 18.7 Å². The molecular weight excluding hydrogens is 528 g/mol. The number of carbonyl (C=O) groups excluding carboxylic acids is 1. The van der Waals surface area contributed by atoms with E-state index in [0.29, 0.717) is 31.3 Å². The van der Waals surface area contributed by atoms with Gasteiger partial charge in [0.25, 0.3) is 10.1 Å². The van der Waals surface area contributed by atoms with E-state index in [9.17, 15) is 13.2 Å². The third-order valence-electron chi connectivity index (χ3n) is 11.1. The first-order valence-corrected chi connectivity index (χ1v) is 16.2. The Hall–Kier alpha value is -2.00. The van der Waals surface area contributed by atoms with E-state index >= 15 is 0 Å². The van der Waals surface area contributed by atoms with E-state index in [0.717, 1.165) is 37.7 Å². The van der Waals surface area contributed by atoms with Crippen molar-refractivity contribution in [2.24, 2.45) is 28.6 Å². The van der Waals surface area contributed by atoms with Crippen molar-refractivity contribution in [3.8, 4) is 0 Å². The number of benzene rings is 1. The van der Waals surface area contributed by atoms with Crippen molar-refractivity contribution in [1.82, 2.24) is 0 Å². The molecule has 1 saturated heterocycles. The maximum Gasteiger partial charge on any atom is 0.302 e. The SMILES string of the molecule is CC(=O)O[C@@H]1C[C@H]2[C@@H](CC=C3C[C@@H](OS(=O)(=O)c4ccc(C)cc4)CC[C@@]32C)C2=CC[C@H](C3(C)CCOO3)[C@]21C. The summed E-state index contributed by atoms with van der Waals surface area (Å²) in [5, 5.41) is 0. The number of hydrogen-bond acceptors (Lipinski definition) is 7. The van der Waals surface area contributed by atoms with Crippen molar-refractivity contribution in [2.75, 3.05) is 6.61 Å². The summed E-state index contributed by atoms with van der Waals surface area (Å²) in [6.45, 7) is 10.8. The topological polar surface area (TPSA) is 88.1 Å². The van der Waals surface area contributed by atoms with E-state index in [1.54, 1.807) is 24.3 Å². The van der Waals surface area contributed by atoms with Crippen molar-refractivity contribution in [2.45, 2.75) is 102 Å². The number of hydrogen-bond donors (Lipinski definition) is 0. The van der Waals surface area contributed by atoms with Crippen molar-refractivity contribution in [3.63, 3.8) is 0 Å². The lowest BCUT2D eigenvalue weighted by atomic mass is 9.47. The van der Waals surface area contributed by atoms with Crippen LogP contribution in [0, 0.1) is 35.5 Å². The molecule has 0 spiro atoms. The zero-order valence-electron chi connectivity index (χ0n) is 24.3. The molecule has 1 aromatic carbocycles. The Labute approximate surface area is 238 Å². The van der Waals surface area contributed by atoms with Crippen LogP contribution >= 0.6 is 0 Å². The van der Waals surface area contributed by atoms with Gasteiger partial charge in [0.2, 0.25) is 0 Å². The molecule has 0 bridgehead atoms. The second kappa shape index (κ2) is 9.79. The van der Waals surface area contributed by atoms with Gasteiger partial charge in [-0.1, -0.05) is 54.8 Å². The van der Waals surface area contributed by atoms with Crippen LogP contribution in [0.4, 0.5) is 0 Å². The van der Waals surface area contributed by atoms with Gasteiger partial charge in [-0.05, 0) is 81.8 Å². The molecule has 0 aromatic heterocycles. The molecule has 7 nitrogen and oxygen atoms in total. The summed E-state index contributed by atoms with van der Waals surface area (Å²) in [5.41, 5.74) is 2.84. The van der Waals surface area contributed by atoms with Gasteiger partial charge in [0, 0.05) is 24.7 Å². The molecule has 0 amide bonds. The van der Waals surface area contributed by atoms with Gasteiger partial charge in [0.1, 0.15) is 11.7 Å². The molecule has 2 saturated carbocycles. The summed E-state index contributed by atoms with van der Waals surface area (Å²) >= 11 is 0. The van der Waals surface area contributed by atoms with Gasteiger partial charge >= 0.3 is 5.97 Å². The third kappa shape index (κ3) is 4.41. The zero-order valence-corrected chi connectivity index (χ0v) is 25.1. The molecule has 8 heteroatoms. The summed E-state index contributed by atoms with van der Waals surface area (Å²) < 4.78 is 38.0. The summed E-state index contributed by atoms with van der Waals surface area (Å²) in [4.78, 5) is 23.9. The Morgan fingerprint density at radius 2 is 1.80 bits per heavy atom. The fourth-order valence-corrected chi connectivity index (χ4v) is 10.0. The predicted octanol–water partition coefficient (Wildman–Crippen LogP) is 6.22. The van der Waals surface area contributed by atoms with Crippen molar-refractivity contribution < 1.29 is 31.9 Å². The van der Waals surface area contributed by atoms with Crippen LogP contribution in [-0.4, -0.2) is 38.8 Å². The highest BCUT2D eigenvalue weighted by Gasteiger charge is 2.64. The van der Waals surface area contributed by atoms with Gasteiger partial charge < -0.3 is 4.74 Å². The Balaban J connectivity index is 1.27. The van der Waals surface area contributed by atoms with Crippen LogP contribution in [0.5, 0.6) is 0 Å². The molecule has 3 fully saturated rings. The minimum Gasteiger partial charge on any atom is -0.462 e. The molecule has 5 aliphatic rings. The van der Waals surface area contributed by atoms with Crippen LogP contribution in [-0.2, 0) is 33.6 Å². The number of fused-ring (bicyclic) bond motifs is 5. The monoisotopic (exact) mass is 570 g/mol. The van der Waals surface area contributed by atoms with Crippen molar-refractivity contribution >= 4 is 16.1 Å². The average molecular weight is 571 g/mol. The van der Waals surface area contributed by atoms with E-state index < -0.39 is 15.7 Å². The molecule has 1 aliphatic heterocycles. The molecular formula is C32H42O7S. The molecule has 40 heavy (non-hydrogen) atoms. The zero-order chi connectivity index (χ0) is 28.5. The summed E-state index contributed by atoms with van der Waals surface area (Å²) in [5.74, 6) is 0.573. The van der Waals surface area contributed by atoms with Gasteiger partial charge in [0.05, 0.1) is 17.6 Å². The maximum absolute atomic E-state index is 13.0. The second-order valence-corrected chi connectivity index (χ2v) is 14.9. The Bertz CT molecular complexity index is 1340. The molecule has 8 atom stereocenters. The van der Waals surface area contributed by atoms with E-state index in [-0.39, 0.29) is 39.8 Å². The Kier molecular flexibility index (Phi) is 6.88. The van der Waals surface area contributed by atoms with Crippen LogP contribution < -0.4 is 0 Å². The molecule has 0 N–H and O–H groups in total. The minimum absolute atomic E-state index is 0.105. The standard InChI is InChI=1S/C32H42O7S/c1-20-6-9-24(10-7-20)40(34,35)38-23-14-15-30(3)22(18-23)8-11-25-26-12-13-28(31(4)16-17-36-39-31)32(26,5)29(19-27(25)30)37-21(2)33/h6-10,12,23,25,27-29H,11,13-19H2,1-5H3/t23-,25-,27-,28+,29+,30-,31?,32-/m0/s1. The molecule has 218 valence electrons. The van der Waals surface area contributed by atoms with Crippen molar-refractivity contribution in [1.29, 1.82) is 0 Å². The number of esters is 1. The lowest BCUT2D eigenvalue weighted by molar-refractivity contribution is -0.324. The van der Waals surface area contributed by atoms with Crippen LogP contribution in [0.25, 0.3) is 0 Å². The normalized spacial score (nSPS) is 40.9. The fourth-order valence-electron chi connectivity index (χ4n) is 8.91. The van der Waals surface area contributed by atoms with E-state index in [1.807, 2.05) is 6.92 Å². The lowest BCUT2D eigenvalue weighted by Crippen LogP contribution is -2.57. The Morgan fingerprint density at radius 3 is 2.48 bits per heavy atom. The van der Waals surface area contributed by atoms with Crippen LogP contribution in [0.2, 0.25) is 0 Å². The molecule has 4 aliphatic carbocycles. The number of ether oxygens (including phenoxy) is 1. The van der Waals surface area contributed by atoms with Crippen LogP contribution in [0.3, 0.4) is 0 Å². The smallest absolute Gasteiger partial charge is 0.302 e. The minimum atomic E-state index is -3.84. The highest BCUT2D eigenvalue weighted by Crippen LogP contribution is 2.67. The van der Waals surface area contributed by atoms with E-state index in [1.165, 1.54) is 18.1 Å². The van der Waals surface area contributed by atoms with Gasteiger partial charge in [0.15, 0.2) is 0 Å². The second-order valence-electron chi connectivity index (χ2n) is 13.4. The van der Waals surface area contributed by atoms with Crippen molar-refractivity contribution in [3.05, 3.63) is 53.1 Å². The molecule has 0 radical (unpaired) electrons. The molecule has 1 unspecified atom stereocenters. The quantitative estimate of drug-likeness (QED) is 0.180. The highest BCUT2D eigenvalue weighted by molar-refractivity contribution is 7.86. The van der Waals surface area contributed by atoms with Crippen LogP contribution in [0.15, 0.2) is 52.5 Å². The summed E-state index contributed by atoms with van der Waals surface area (Å²) in [6.07, 6.45) is 9.62. The fraction of sp³-hybridized carbons (Fsp3) is 0.656. The Morgan fingerprint density at radius 1 is 1.05 bits per heavy atom. The lowest BCUT2D eigenvalue weighted by Gasteiger charge is -2.59. The summed E-state index contributed by atoms with van der Waals surface area (Å²) in [6, 6.07) is 6.82.